The van der Waals surface area contributed by atoms with Gasteiger partial charge in [0, 0.05) is 11.1 Å². The van der Waals surface area contributed by atoms with Gasteiger partial charge < -0.3 is 5.32 Å². The highest BCUT2D eigenvalue weighted by Gasteiger charge is 1.96. The van der Waals surface area contributed by atoms with Crippen molar-refractivity contribution >= 4 is 28.8 Å². The molecule has 0 atom stereocenters. The van der Waals surface area contributed by atoms with E-state index >= 15 is 0 Å². The minimum atomic E-state index is 0.810. The largest absolute Gasteiger partial charge is 0.379 e. The van der Waals surface area contributed by atoms with Crippen LogP contribution in [0.3, 0.4) is 0 Å². The average Bonchev–Trinajstić information content (AvgIpc) is 2.80. The van der Waals surface area contributed by atoms with Gasteiger partial charge in [0.1, 0.15) is 0 Å². The molecule has 2 aromatic rings. The molecule has 0 fully saturated rings. The van der Waals surface area contributed by atoms with E-state index in [9.17, 15) is 0 Å². The maximum atomic E-state index is 4.29. The predicted octanol–water partition coefficient (Wildman–Crippen LogP) is 2.87. The van der Waals surface area contributed by atoms with Crippen LogP contribution in [0.4, 0.5) is 5.69 Å². The van der Waals surface area contributed by atoms with Gasteiger partial charge in [0.05, 0.1) is 29.0 Å². The van der Waals surface area contributed by atoms with Crippen molar-refractivity contribution in [3.8, 4) is 0 Å². The van der Waals surface area contributed by atoms with Crippen LogP contribution < -0.4 is 5.32 Å². The third-order valence-corrected chi connectivity index (χ3v) is 3.34. The van der Waals surface area contributed by atoms with E-state index in [1.807, 2.05) is 36.3 Å². The van der Waals surface area contributed by atoms with Gasteiger partial charge in [-0.15, -0.1) is 23.1 Å². The SMILES string of the molecule is CSc1ccc(NCc2cncs2)cn1. The summed E-state index contributed by atoms with van der Waals surface area (Å²) in [4.78, 5) is 9.53. The average molecular weight is 237 g/mol. The Balaban J connectivity index is 1.93. The molecule has 0 unspecified atom stereocenters. The Morgan fingerprint density at radius 3 is 2.93 bits per heavy atom. The van der Waals surface area contributed by atoms with Crippen molar-refractivity contribution in [2.45, 2.75) is 11.6 Å². The zero-order valence-electron chi connectivity index (χ0n) is 8.30. The van der Waals surface area contributed by atoms with Gasteiger partial charge in [0.15, 0.2) is 0 Å². The molecule has 2 aromatic heterocycles. The van der Waals surface area contributed by atoms with E-state index in [0.717, 1.165) is 17.3 Å². The van der Waals surface area contributed by atoms with Gasteiger partial charge in [-0.3, -0.25) is 4.98 Å². The van der Waals surface area contributed by atoms with Gasteiger partial charge in [-0.25, -0.2) is 4.98 Å². The second-order valence-corrected chi connectivity index (χ2v) is 4.71. The van der Waals surface area contributed by atoms with Crippen LogP contribution in [0.1, 0.15) is 4.88 Å². The van der Waals surface area contributed by atoms with Gasteiger partial charge in [-0.2, -0.15) is 0 Å². The fourth-order valence-corrected chi connectivity index (χ4v) is 2.02. The van der Waals surface area contributed by atoms with Crippen LogP contribution in [0.5, 0.6) is 0 Å². The lowest BCUT2D eigenvalue weighted by Gasteiger charge is -2.04. The second-order valence-electron chi connectivity index (χ2n) is 2.91. The molecule has 0 saturated carbocycles. The van der Waals surface area contributed by atoms with Gasteiger partial charge in [-0.1, -0.05) is 0 Å². The lowest BCUT2D eigenvalue weighted by molar-refractivity contribution is 1.10. The lowest BCUT2D eigenvalue weighted by Crippen LogP contribution is -1.97. The van der Waals surface area contributed by atoms with E-state index in [0.29, 0.717) is 0 Å². The second kappa shape index (κ2) is 5.14. The minimum Gasteiger partial charge on any atom is -0.379 e. The predicted molar refractivity (Wildman–Crippen MR) is 65.5 cm³/mol. The topological polar surface area (TPSA) is 37.8 Å². The molecule has 0 spiro atoms. The third-order valence-electron chi connectivity index (χ3n) is 1.90. The summed E-state index contributed by atoms with van der Waals surface area (Å²) >= 11 is 3.30. The quantitative estimate of drug-likeness (QED) is 0.830. The van der Waals surface area contributed by atoms with Crippen molar-refractivity contribution in [1.29, 1.82) is 0 Å². The maximum absolute atomic E-state index is 4.29. The summed E-state index contributed by atoms with van der Waals surface area (Å²) < 4.78 is 0. The molecule has 3 nitrogen and oxygen atoms in total. The van der Waals surface area contributed by atoms with Crippen LogP contribution in [0.15, 0.2) is 35.1 Å². The van der Waals surface area contributed by atoms with E-state index in [1.165, 1.54) is 4.88 Å². The molecule has 0 bridgehead atoms. The molecule has 0 aromatic carbocycles. The Morgan fingerprint density at radius 1 is 1.40 bits per heavy atom. The first-order valence-corrected chi connectivity index (χ1v) is 6.60. The van der Waals surface area contributed by atoms with Crippen molar-refractivity contribution < 1.29 is 0 Å². The summed E-state index contributed by atoms with van der Waals surface area (Å²) in [6.45, 7) is 0.810. The number of hydrogen-bond acceptors (Lipinski definition) is 5. The molecule has 0 aliphatic rings. The number of rotatable bonds is 4. The Hall–Kier alpha value is -1.07. The van der Waals surface area contributed by atoms with Crippen LogP contribution in [-0.4, -0.2) is 16.2 Å². The molecule has 2 rings (SSSR count). The van der Waals surface area contributed by atoms with E-state index in [-0.39, 0.29) is 0 Å². The molecule has 0 radical (unpaired) electrons. The molecular weight excluding hydrogens is 226 g/mol. The van der Waals surface area contributed by atoms with Crippen LogP contribution >= 0.6 is 23.1 Å². The maximum Gasteiger partial charge on any atom is 0.0958 e. The van der Waals surface area contributed by atoms with Crippen molar-refractivity contribution in [2.24, 2.45) is 0 Å². The highest BCUT2D eigenvalue weighted by atomic mass is 32.2. The van der Waals surface area contributed by atoms with Gasteiger partial charge in [0.25, 0.3) is 0 Å². The minimum absolute atomic E-state index is 0.810. The van der Waals surface area contributed by atoms with Crippen molar-refractivity contribution in [3.63, 3.8) is 0 Å². The summed E-state index contributed by atoms with van der Waals surface area (Å²) in [7, 11) is 0. The van der Waals surface area contributed by atoms with Crippen LogP contribution in [-0.2, 0) is 6.54 Å². The molecule has 5 heteroatoms. The normalized spacial score (nSPS) is 10.2. The highest BCUT2D eigenvalue weighted by molar-refractivity contribution is 7.98. The summed E-state index contributed by atoms with van der Waals surface area (Å²) in [6.07, 6.45) is 5.75. The molecule has 15 heavy (non-hydrogen) atoms. The van der Waals surface area contributed by atoms with Gasteiger partial charge in [0.2, 0.25) is 0 Å². The lowest BCUT2D eigenvalue weighted by atomic mass is 10.4. The number of nitrogens with one attached hydrogen (secondary N) is 1. The third kappa shape index (κ3) is 2.94. The van der Waals surface area contributed by atoms with Crippen LogP contribution in [0.2, 0.25) is 0 Å². The Morgan fingerprint density at radius 2 is 2.33 bits per heavy atom. The number of pyridine rings is 1. The Bertz CT molecular complexity index is 397. The molecule has 2 heterocycles. The van der Waals surface area contributed by atoms with Crippen LogP contribution in [0, 0.1) is 0 Å². The van der Waals surface area contributed by atoms with Crippen molar-refractivity contribution in [2.75, 3.05) is 11.6 Å². The summed E-state index contributed by atoms with van der Waals surface area (Å²) in [5.41, 5.74) is 2.88. The fourth-order valence-electron chi connectivity index (χ4n) is 1.12. The molecule has 0 amide bonds. The summed E-state index contributed by atoms with van der Waals surface area (Å²) in [5.74, 6) is 0. The number of thioether (sulfide) groups is 1. The molecule has 0 aliphatic carbocycles. The molecule has 0 saturated heterocycles. The fraction of sp³-hybridized carbons (Fsp3) is 0.200. The summed E-state index contributed by atoms with van der Waals surface area (Å²) in [6, 6.07) is 4.06. The standard InChI is InChI=1S/C10H11N3S2/c1-14-10-3-2-8(4-13-10)12-6-9-5-11-7-15-9/h2-5,7,12H,6H2,1H3. The first-order valence-electron chi connectivity index (χ1n) is 4.50. The number of aromatic nitrogens is 2. The van der Waals surface area contributed by atoms with E-state index in [1.54, 1.807) is 23.1 Å². The van der Waals surface area contributed by atoms with Gasteiger partial charge in [-0.05, 0) is 18.4 Å². The van der Waals surface area contributed by atoms with Crippen LogP contribution in [0.25, 0.3) is 0 Å². The van der Waals surface area contributed by atoms with E-state index in [2.05, 4.69) is 15.3 Å². The van der Waals surface area contributed by atoms with Gasteiger partial charge >= 0.3 is 0 Å². The molecular formula is C10H11N3S2. The first-order chi connectivity index (χ1) is 7.38. The highest BCUT2D eigenvalue weighted by Crippen LogP contribution is 2.15. The number of hydrogen-bond donors (Lipinski definition) is 1. The monoisotopic (exact) mass is 237 g/mol. The number of anilines is 1. The van der Waals surface area contributed by atoms with Crippen molar-refractivity contribution in [3.05, 3.63) is 34.9 Å². The van der Waals surface area contributed by atoms with E-state index in [4.69, 9.17) is 0 Å². The Labute approximate surface area is 97.0 Å². The molecule has 0 aliphatic heterocycles. The Kier molecular flexibility index (Phi) is 3.58. The van der Waals surface area contributed by atoms with Crippen molar-refractivity contribution in [1.82, 2.24) is 9.97 Å². The van der Waals surface area contributed by atoms with E-state index < -0.39 is 0 Å². The zero-order valence-corrected chi connectivity index (χ0v) is 9.94. The smallest absolute Gasteiger partial charge is 0.0958 e. The number of thiazole rings is 1. The summed E-state index contributed by atoms with van der Waals surface area (Å²) in [5, 5.41) is 4.34. The zero-order chi connectivity index (χ0) is 10.5. The number of nitrogens with zero attached hydrogens (tertiary/aromatic N) is 2. The molecule has 1 N–H and O–H groups in total. The first kappa shape index (κ1) is 10.4. The molecule has 78 valence electrons.